The molecule has 106 valence electrons. The van der Waals surface area contributed by atoms with Gasteiger partial charge in [0.2, 0.25) is 5.91 Å². The largest absolute Gasteiger partial charge is 0.497 e. The van der Waals surface area contributed by atoms with Crippen LogP contribution in [0, 0.1) is 5.92 Å². The molecular formula is C17H15NO3. The van der Waals surface area contributed by atoms with Gasteiger partial charge in [0.25, 0.3) is 0 Å². The number of anilines is 1. The number of amides is 1. The van der Waals surface area contributed by atoms with Crippen molar-refractivity contribution in [3.05, 3.63) is 59.7 Å². The molecule has 3 rings (SSSR count). The van der Waals surface area contributed by atoms with E-state index in [0.717, 1.165) is 5.56 Å². The lowest BCUT2D eigenvalue weighted by Crippen LogP contribution is -2.27. The quantitative estimate of drug-likeness (QED) is 0.880. The van der Waals surface area contributed by atoms with E-state index in [0.29, 0.717) is 23.4 Å². The van der Waals surface area contributed by atoms with Gasteiger partial charge in [-0.3, -0.25) is 9.59 Å². The Morgan fingerprint density at radius 1 is 1.19 bits per heavy atom. The van der Waals surface area contributed by atoms with Crippen molar-refractivity contribution in [2.75, 3.05) is 12.4 Å². The molecule has 1 aliphatic rings. The fraction of sp³-hybridized carbons (Fsp3) is 0.176. The van der Waals surface area contributed by atoms with E-state index >= 15 is 0 Å². The van der Waals surface area contributed by atoms with Gasteiger partial charge >= 0.3 is 0 Å². The van der Waals surface area contributed by atoms with Crippen LogP contribution >= 0.6 is 0 Å². The molecule has 4 heteroatoms. The molecule has 2 aromatic rings. The van der Waals surface area contributed by atoms with Gasteiger partial charge in [-0.25, -0.2) is 0 Å². The van der Waals surface area contributed by atoms with E-state index in [1.54, 1.807) is 25.3 Å². The molecule has 1 aliphatic carbocycles. The van der Waals surface area contributed by atoms with Crippen LogP contribution in [-0.4, -0.2) is 18.8 Å². The molecule has 0 heterocycles. The molecule has 1 atom stereocenters. The summed E-state index contributed by atoms with van der Waals surface area (Å²) in [4.78, 5) is 24.7. The SMILES string of the molecule is COc1ccc2c(c1)C(=O)C(C(=O)Nc1ccccc1)C2. The molecule has 0 bridgehead atoms. The maximum absolute atomic E-state index is 12.4. The highest BCUT2D eigenvalue weighted by Crippen LogP contribution is 2.30. The van der Waals surface area contributed by atoms with Crippen molar-refractivity contribution in [1.82, 2.24) is 0 Å². The number of methoxy groups -OCH3 is 1. The number of Topliss-reactive ketones (excluding diaryl/α,β-unsaturated/α-hetero) is 1. The number of nitrogens with one attached hydrogen (secondary N) is 1. The highest BCUT2D eigenvalue weighted by atomic mass is 16.5. The lowest BCUT2D eigenvalue weighted by atomic mass is 10.0. The van der Waals surface area contributed by atoms with E-state index in [4.69, 9.17) is 4.74 Å². The highest BCUT2D eigenvalue weighted by Gasteiger charge is 2.36. The van der Waals surface area contributed by atoms with Crippen LogP contribution in [-0.2, 0) is 11.2 Å². The summed E-state index contributed by atoms with van der Waals surface area (Å²) in [5.41, 5.74) is 2.18. The third-order valence-corrected chi connectivity index (χ3v) is 3.68. The van der Waals surface area contributed by atoms with E-state index in [1.165, 1.54) is 0 Å². The summed E-state index contributed by atoms with van der Waals surface area (Å²) in [5, 5.41) is 2.79. The number of ether oxygens (including phenoxy) is 1. The summed E-state index contributed by atoms with van der Waals surface area (Å²) >= 11 is 0. The van der Waals surface area contributed by atoms with Crippen molar-refractivity contribution in [2.45, 2.75) is 6.42 Å². The number of carbonyl (C=O) groups excluding carboxylic acids is 2. The third kappa shape index (κ3) is 2.52. The van der Waals surface area contributed by atoms with Gasteiger partial charge in [-0.05, 0) is 36.2 Å². The highest BCUT2D eigenvalue weighted by molar-refractivity contribution is 6.16. The van der Waals surface area contributed by atoms with Crippen molar-refractivity contribution >= 4 is 17.4 Å². The first kappa shape index (κ1) is 13.4. The molecule has 4 nitrogen and oxygen atoms in total. The second-order valence-corrected chi connectivity index (χ2v) is 5.00. The Bertz CT molecular complexity index is 694. The number of hydrogen-bond donors (Lipinski definition) is 1. The van der Waals surface area contributed by atoms with Crippen molar-refractivity contribution in [2.24, 2.45) is 5.92 Å². The van der Waals surface area contributed by atoms with Crippen molar-refractivity contribution in [1.29, 1.82) is 0 Å². The fourth-order valence-corrected chi connectivity index (χ4v) is 2.55. The average molecular weight is 281 g/mol. The number of fused-ring (bicyclic) bond motifs is 1. The zero-order chi connectivity index (χ0) is 14.8. The van der Waals surface area contributed by atoms with Gasteiger partial charge in [-0.1, -0.05) is 24.3 Å². The molecule has 0 aromatic heterocycles. The standard InChI is InChI=1S/C17H15NO3/c1-21-13-8-7-11-9-15(16(19)14(11)10-13)17(20)18-12-5-3-2-4-6-12/h2-8,10,15H,9H2,1H3,(H,18,20). The van der Waals surface area contributed by atoms with Crippen LogP contribution in [0.15, 0.2) is 48.5 Å². The lowest BCUT2D eigenvalue weighted by molar-refractivity contribution is -0.118. The number of rotatable bonds is 3. The first-order valence-electron chi connectivity index (χ1n) is 6.76. The summed E-state index contributed by atoms with van der Waals surface area (Å²) in [6, 6.07) is 14.5. The number of ketones is 1. The maximum Gasteiger partial charge on any atom is 0.235 e. The van der Waals surface area contributed by atoms with Gasteiger partial charge in [-0.2, -0.15) is 0 Å². The Labute approximate surface area is 122 Å². The molecule has 1 N–H and O–H groups in total. The minimum absolute atomic E-state index is 0.141. The molecule has 0 saturated heterocycles. The number of benzene rings is 2. The zero-order valence-electron chi connectivity index (χ0n) is 11.6. The minimum atomic E-state index is -0.660. The Kier molecular flexibility index (Phi) is 3.44. The summed E-state index contributed by atoms with van der Waals surface area (Å²) in [7, 11) is 1.56. The average Bonchev–Trinajstić information content (AvgIpc) is 2.85. The van der Waals surface area contributed by atoms with E-state index < -0.39 is 5.92 Å². The molecule has 2 aromatic carbocycles. The van der Waals surface area contributed by atoms with Gasteiger partial charge in [0.1, 0.15) is 11.7 Å². The van der Waals surface area contributed by atoms with Crippen LogP contribution < -0.4 is 10.1 Å². The monoisotopic (exact) mass is 281 g/mol. The Balaban J connectivity index is 1.79. The topological polar surface area (TPSA) is 55.4 Å². The first-order chi connectivity index (χ1) is 10.2. The molecule has 0 radical (unpaired) electrons. The molecule has 1 amide bonds. The Hall–Kier alpha value is -2.62. The summed E-state index contributed by atoms with van der Waals surface area (Å²) in [6.45, 7) is 0. The molecular weight excluding hydrogens is 266 g/mol. The van der Waals surface area contributed by atoms with Gasteiger partial charge in [0.15, 0.2) is 5.78 Å². The number of para-hydroxylation sites is 1. The lowest BCUT2D eigenvalue weighted by Gasteiger charge is -2.09. The van der Waals surface area contributed by atoms with Crippen molar-refractivity contribution in [3.8, 4) is 5.75 Å². The molecule has 0 spiro atoms. The first-order valence-corrected chi connectivity index (χ1v) is 6.76. The molecule has 0 saturated carbocycles. The van der Waals surface area contributed by atoms with E-state index in [9.17, 15) is 9.59 Å². The van der Waals surface area contributed by atoms with Crippen LogP contribution in [0.1, 0.15) is 15.9 Å². The van der Waals surface area contributed by atoms with Crippen LogP contribution in [0.4, 0.5) is 5.69 Å². The minimum Gasteiger partial charge on any atom is -0.497 e. The zero-order valence-corrected chi connectivity index (χ0v) is 11.6. The molecule has 21 heavy (non-hydrogen) atoms. The van der Waals surface area contributed by atoms with Gasteiger partial charge in [0, 0.05) is 11.3 Å². The van der Waals surface area contributed by atoms with Gasteiger partial charge in [0.05, 0.1) is 7.11 Å². The smallest absolute Gasteiger partial charge is 0.235 e. The Morgan fingerprint density at radius 2 is 1.95 bits per heavy atom. The maximum atomic E-state index is 12.4. The third-order valence-electron chi connectivity index (χ3n) is 3.68. The van der Waals surface area contributed by atoms with Crippen LogP contribution in [0.25, 0.3) is 0 Å². The second-order valence-electron chi connectivity index (χ2n) is 5.00. The van der Waals surface area contributed by atoms with Crippen LogP contribution in [0.2, 0.25) is 0 Å². The van der Waals surface area contributed by atoms with E-state index in [-0.39, 0.29) is 11.7 Å². The number of hydrogen-bond acceptors (Lipinski definition) is 3. The summed E-state index contributed by atoms with van der Waals surface area (Å²) in [6.07, 6.45) is 0.441. The van der Waals surface area contributed by atoms with Gasteiger partial charge in [-0.15, -0.1) is 0 Å². The summed E-state index contributed by atoms with van der Waals surface area (Å²) < 4.78 is 5.13. The molecule has 0 fully saturated rings. The fourth-order valence-electron chi connectivity index (χ4n) is 2.55. The van der Waals surface area contributed by atoms with Crippen molar-refractivity contribution in [3.63, 3.8) is 0 Å². The van der Waals surface area contributed by atoms with Crippen LogP contribution in [0.5, 0.6) is 5.75 Å². The molecule has 1 unspecified atom stereocenters. The van der Waals surface area contributed by atoms with Crippen LogP contribution in [0.3, 0.4) is 0 Å². The normalized spacial score (nSPS) is 16.4. The van der Waals surface area contributed by atoms with Gasteiger partial charge < -0.3 is 10.1 Å². The Morgan fingerprint density at radius 3 is 2.67 bits per heavy atom. The predicted molar refractivity (Wildman–Crippen MR) is 79.6 cm³/mol. The summed E-state index contributed by atoms with van der Waals surface area (Å²) in [5.74, 6) is -0.433. The number of carbonyl (C=O) groups is 2. The van der Waals surface area contributed by atoms with E-state index in [1.807, 2.05) is 30.3 Å². The second kappa shape index (κ2) is 5.40. The predicted octanol–water partition coefficient (Wildman–Crippen LogP) is 2.69. The van der Waals surface area contributed by atoms with Crippen molar-refractivity contribution < 1.29 is 14.3 Å². The molecule has 0 aliphatic heterocycles. The van der Waals surface area contributed by atoms with E-state index in [2.05, 4.69) is 5.32 Å².